The fraction of sp³-hybridized carbons (Fsp3) is 0.167. The first-order valence-corrected chi connectivity index (χ1v) is 3.60. The summed E-state index contributed by atoms with van der Waals surface area (Å²) in [6.45, 7) is 0. The summed E-state index contributed by atoms with van der Waals surface area (Å²) in [7, 11) is 0. The molecule has 62 valence electrons. The van der Waals surface area contributed by atoms with Crippen LogP contribution in [-0.2, 0) is 4.79 Å². The number of hydrogen-bond donors (Lipinski definition) is 2. The van der Waals surface area contributed by atoms with Crippen molar-refractivity contribution in [1.29, 1.82) is 5.26 Å². The molecule has 1 rings (SSSR count). The van der Waals surface area contributed by atoms with Crippen LogP contribution in [0.1, 0.15) is 5.56 Å². The zero-order valence-electron chi connectivity index (χ0n) is 5.97. The largest absolute Gasteiger partial charge is 0.309 e. The number of anilines is 1. The highest BCUT2D eigenvalue weighted by Gasteiger charge is 2.06. The number of halogens is 1. The van der Waals surface area contributed by atoms with Crippen molar-refractivity contribution in [2.45, 2.75) is 0 Å². The van der Waals surface area contributed by atoms with Gasteiger partial charge in [-0.1, -0.05) is 0 Å². The Morgan fingerprint density at radius 1 is 1.92 bits per heavy atom. The molecule has 0 fully saturated rings. The number of aromatic amines is 1. The van der Waals surface area contributed by atoms with E-state index in [1.807, 2.05) is 6.07 Å². The molecule has 0 unspecified atom stereocenters. The standard InChI is InChI=1S/C6H5ClN4O/c7-1-5(12)10-6-4(2-8)3-9-11-6/h3H,1H2,(H2,9,10,11,12). The maximum atomic E-state index is 10.7. The minimum Gasteiger partial charge on any atom is -0.309 e. The van der Waals surface area contributed by atoms with Gasteiger partial charge < -0.3 is 5.32 Å². The Morgan fingerprint density at radius 3 is 3.25 bits per heavy atom. The van der Waals surface area contributed by atoms with Gasteiger partial charge in [0, 0.05) is 0 Å². The third-order valence-electron chi connectivity index (χ3n) is 1.15. The number of rotatable bonds is 2. The number of alkyl halides is 1. The predicted molar refractivity (Wildman–Crippen MR) is 42.7 cm³/mol. The fourth-order valence-corrected chi connectivity index (χ4v) is 0.706. The van der Waals surface area contributed by atoms with Gasteiger partial charge in [0.25, 0.3) is 0 Å². The summed E-state index contributed by atoms with van der Waals surface area (Å²) in [5, 5.41) is 16.9. The number of H-pyrrole nitrogens is 1. The molecule has 1 aromatic rings. The highest BCUT2D eigenvalue weighted by atomic mass is 35.5. The van der Waals surface area contributed by atoms with Crippen molar-refractivity contribution in [3.05, 3.63) is 11.8 Å². The Hall–Kier alpha value is -1.54. The van der Waals surface area contributed by atoms with Crippen molar-refractivity contribution in [1.82, 2.24) is 10.2 Å². The molecule has 0 radical (unpaired) electrons. The Bertz CT molecular complexity index is 327. The minimum atomic E-state index is -0.377. The van der Waals surface area contributed by atoms with E-state index >= 15 is 0 Å². The second kappa shape index (κ2) is 3.74. The van der Waals surface area contributed by atoms with E-state index in [0.29, 0.717) is 0 Å². The van der Waals surface area contributed by atoms with E-state index in [9.17, 15) is 4.79 Å². The van der Waals surface area contributed by atoms with Crippen LogP contribution in [0.5, 0.6) is 0 Å². The SMILES string of the molecule is N#Cc1cn[nH]c1NC(=O)CCl. The van der Waals surface area contributed by atoms with Crippen molar-refractivity contribution in [2.24, 2.45) is 0 Å². The smallest absolute Gasteiger partial charge is 0.240 e. The van der Waals surface area contributed by atoms with Crippen LogP contribution in [0.25, 0.3) is 0 Å². The highest BCUT2D eigenvalue weighted by Crippen LogP contribution is 2.08. The Labute approximate surface area is 73.3 Å². The van der Waals surface area contributed by atoms with E-state index < -0.39 is 0 Å². The number of nitrogens with one attached hydrogen (secondary N) is 2. The van der Waals surface area contributed by atoms with Crippen LogP contribution in [-0.4, -0.2) is 22.0 Å². The van der Waals surface area contributed by atoms with Gasteiger partial charge in [0.2, 0.25) is 5.91 Å². The normalized spacial score (nSPS) is 9.00. The van der Waals surface area contributed by atoms with Gasteiger partial charge in [0.05, 0.1) is 6.20 Å². The summed E-state index contributed by atoms with van der Waals surface area (Å²) >= 11 is 5.24. The van der Waals surface area contributed by atoms with Gasteiger partial charge in [-0.25, -0.2) is 0 Å². The molecule has 0 aromatic carbocycles. The molecule has 0 spiro atoms. The summed E-state index contributed by atoms with van der Waals surface area (Å²) in [6, 6.07) is 1.85. The first-order chi connectivity index (χ1) is 5.77. The topological polar surface area (TPSA) is 81.6 Å². The van der Waals surface area contributed by atoms with E-state index in [-0.39, 0.29) is 23.2 Å². The van der Waals surface area contributed by atoms with Crippen LogP contribution in [0, 0.1) is 11.3 Å². The van der Waals surface area contributed by atoms with E-state index in [2.05, 4.69) is 15.5 Å². The Morgan fingerprint density at radius 2 is 2.67 bits per heavy atom. The van der Waals surface area contributed by atoms with Crippen LogP contribution < -0.4 is 5.32 Å². The lowest BCUT2D eigenvalue weighted by Gasteiger charge is -1.97. The summed E-state index contributed by atoms with van der Waals surface area (Å²) in [4.78, 5) is 10.7. The van der Waals surface area contributed by atoms with Crippen molar-refractivity contribution in [3.63, 3.8) is 0 Å². The minimum absolute atomic E-state index is 0.149. The van der Waals surface area contributed by atoms with Crippen LogP contribution in [0.2, 0.25) is 0 Å². The number of amides is 1. The maximum absolute atomic E-state index is 10.7. The average Bonchev–Trinajstić information content (AvgIpc) is 2.51. The summed E-state index contributed by atoms with van der Waals surface area (Å²) in [6.07, 6.45) is 1.32. The van der Waals surface area contributed by atoms with Gasteiger partial charge in [-0.2, -0.15) is 10.4 Å². The van der Waals surface area contributed by atoms with Gasteiger partial charge >= 0.3 is 0 Å². The molecule has 5 nitrogen and oxygen atoms in total. The van der Waals surface area contributed by atoms with Gasteiger partial charge in [-0.05, 0) is 0 Å². The third-order valence-corrected chi connectivity index (χ3v) is 1.39. The maximum Gasteiger partial charge on any atom is 0.240 e. The molecule has 6 heteroatoms. The lowest BCUT2D eigenvalue weighted by atomic mass is 10.3. The average molecular weight is 185 g/mol. The van der Waals surface area contributed by atoms with E-state index in [4.69, 9.17) is 16.9 Å². The first-order valence-electron chi connectivity index (χ1n) is 3.07. The summed E-state index contributed by atoms with van der Waals surface area (Å²) < 4.78 is 0. The van der Waals surface area contributed by atoms with E-state index in [1.165, 1.54) is 6.20 Å². The first kappa shape index (κ1) is 8.56. The zero-order chi connectivity index (χ0) is 8.97. The lowest BCUT2D eigenvalue weighted by molar-refractivity contribution is -0.113. The van der Waals surface area contributed by atoms with E-state index in [1.54, 1.807) is 0 Å². The van der Waals surface area contributed by atoms with E-state index in [0.717, 1.165) is 0 Å². The molecule has 1 heterocycles. The lowest BCUT2D eigenvalue weighted by Crippen LogP contribution is -2.13. The number of hydrogen-bond acceptors (Lipinski definition) is 3. The molecule has 0 saturated heterocycles. The van der Waals surface area contributed by atoms with Gasteiger partial charge in [-0.3, -0.25) is 9.89 Å². The van der Waals surface area contributed by atoms with Crippen LogP contribution >= 0.6 is 11.6 Å². The van der Waals surface area contributed by atoms with Crippen LogP contribution in [0.3, 0.4) is 0 Å². The van der Waals surface area contributed by atoms with Gasteiger partial charge in [-0.15, -0.1) is 11.6 Å². The molecule has 0 aliphatic rings. The molecule has 1 amide bonds. The molecular weight excluding hydrogens is 180 g/mol. The summed E-state index contributed by atoms with van der Waals surface area (Å²) in [5.41, 5.74) is 0.286. The Balaban J connectivity index is 2.76. The quantitative estimate of drug-likeness (QED) is 0.655. The third kappa shape index (κ3) is 1.74. The molecule has 0 saturated carbocycles. The molecule has 1 aromatic heterocycles. The van der Waals surface area contributed by atoms with Crippen molar-refractivity contribution >= 4 is 23.3 Å². The van der Waals surface area contributed by atoms with Crippen LogP contribution in [0.15, 0.2) is 6.20 Å². The number of aromatic nitrogens is 2. The van der Waals surface area contributed by atoms with Gasteiger partial charge in [0.1, 0.15) is 23.3 Å². The molecule has 2 N–H and O–H groups in total. The molecule has 12 heavy (non-hydrogen) atoms. The number of carbonyl (C=O) groups excluding carboxylic acids is 1. The molecule has 0 atom stereocenters. The number of nitrogens with zero attached hydrogens (tertiary/aromatic N) is 2. The van der Waals surface area contributed by atoms with Gasteiger partial charge in [0.15, 0.2) is 0 Å². The Kier molecular flexibility index (Phi) is 2.66. The number of nitriles is 1. The highest BCUT2D eigenvalue weighted by molar-refractivity contribution is 6.29. The molecule has 0 bridgehead atoms. The second-order valence-electron chi connectivity index (χ2n) is 1.95. The number of carbonyl (C=O) groups is 1. The predicted octanol–water partition coefficient (Wildman–Crippen LogP) is 0.459. The molecule has 0 aliphatic carbocycles. The monoisotopic (exact) mass is 184 g/mol. The second-order valence-corrected chi connectivity index (χ2v) is 2.22. The van der Waals surface area contributed by atoms with Crippen molar-refractivity contribution in [3.8, 4) is 6.07 Å². The molecule has 0 aliphatic heterocycles. The van der Waals surface area contributed by atoms with Crippen molar-refractivity contribution in [2.75, 3.05) is 11.2 Å². The van der Waals surface area contributed by atoms with Crippen molar-refractivity contribution < 1.29 is 4.79 Å². The van der Waals surface area contributed by atoms with Crippen LogP contribution in [0.4, 0.5) is 5.82 Å². The fourth-order valence-electron chi connectivity index (χ4n) is 0.639. The zero-order valence-corrected chi connectivity index (χ0v) is 6.72. The molecular formula is C6H5ClN4O. The summed E-state index contributed by atoms with van der Waals surface area (Å²) in [5.74, 6) is -0.246.